The Hall–Kier alpha value is -3.37. The molecule has 2 atom stereocenters. The Bertz CT molecular complexity index is 1410. The first-order valence-electron chi connectivity index (χ1n) is 11.1. The number of anilines is 2. The lowest BCUT2D eigenvalue weighted by Gasteiger charge is -2.20. The molecule has 174 valence electrons. The Morgan fingerprint density at radius 2 is 1.94 bits per heavy atom. The number of cyclic esters (lactones) is 1. The normalized spacial score (nSPS) is 21.0. The average molecular weight is 481 g/mol. The van der Waals surface area contributed by atoms with Crippen molar-refractivity contribution in [1.29, 1.82) is 0 Å². The lowest BCUT2D eigenvalue weighted by molar-refractivity contribution is -0.113. The first-order chi connectivity index (χ1) is 16.5. The predicted molar refractivity (Wildman–Crippen MR) is 127 cm³/mol. The van der Waals surface area contributed by atoms with Crippen molar-refractivity contribution in [3.63, 3.8) is 0 Å². The number of benzene rings is 2. The van der Waals surface area contributed by atoms with Crippen LogP contribution in [0, 0.1) is 5.82 Å². The molecule has 1 fully saturated rings. The fourth-order valence-corrected chi connectivity index (χ4v) is 5.73. The molecule has 0 aliphatic carbocycles. The second-order valence-corrected chi connectivity index (χ2v) is 9.69. The van der Waals surface area contributed by atoms with E-state index in [1.54, 1.807) is 27.7 Å². The van der Waals surface area contributed by atoms with E-state index in [-0.39, 0.29) is 29.3 Å². The van der Waals surface area contributed by atoms with E-state index in [2.05, 4.69) is 10.6 Å². The zero-order chi connectivity index (χ0) is 23.4. The molecule has 3 aromatic rings. The van der Waals surface area contributed by atoms with Crippen LogP contribution in [0.15, 0.2) is 52.2 Å². The zero-order valence-electron chi connectivity index (χ0n) is 18.0. The number of thioether (sulfide) groups is 1. The number of aromatic nitrogens is 1. The van der Waals surface area contributed by atoms with Crippen molar-refractivity contribution < 1.29 is 18.7 Å². The van der Waals surface area contributed by atoms with Gasteiger partial charge in [0.15, 0.2) is 0 Å². The number of pyridine rings is 1. The highest BCUT2D eigenvalue weighted by atomic mass is 32.2. The Morgan fingerprint density at radius 1 is 1.09 bits per heavy atom. The molecule has 6 rings (SSSR count). The number of nitrogens with zero attached hydrogens (tertiary/aromatic N) is 2. The van der Waals surface area contributed by atoms with Crippen molar-refractivity contribution >= 4 is 46.0 Å². The van der Waals surface area contributed by atoms with E-state index in [0.29, 0.717) is 54.4 Å². The Morgan fingerprint density at radius 3 is 2.82 bits per heavy atom. The topological polar surface area (TPSA) is 92.7 Å². The smallest absolute Gasteiger partial charge is 0.414 e. The summed E-state index contributed by atoms with van der Waals surface area (Å²) in [6, 6.07) is 11.9. The van der Waals surface area contributed by atoms with Crippen LogP contribution in [0.1, 0.15) is 11.5 Å². The summed E-state index contributed by atoms with van der Waals surface area (Å²) in [7, 11) is 0. The molecule has 4 heterocycles. The molecule has 10 heteroatoms. The van der Waals surface area contributed by atoms with E-state index < -0.39 is 6.09 Å². The molecule has 8 nitrogen and oxygen atoms in total. The number of carbonyl (C=O) groups is 2. The van der Waals surface area contributed by atoms with E-state index in [4.69, 9.17) is 4.74 Å². The molecule has 0 saturated carbocycles. The van der Waals surface area contributed by atoms with Gasteiger partial charge in [0.05, 0.1) is 23.5 Å². The molecule has 3 aliphatic heterocycles. The largest absolute Gasteiger partial charge is 0.443 e. The van der Waals surface area contributed by atoms with Crippen LogP contribution in [-0.4, -0.2) is 48.1 Å². The van der Waals surface area contributed by atoms with Crippen LogP contribution in [0.25, 0.3) is 10.9 Å². The summed E-state index contributed by atoms with van der Waals surface area (Å²) in [4.78, 5) is 39.0. The standard InChI is InChI=1S/C24H21FN4O4S/c25-17-4-1-13-2-6-21(31)29-10-14(22(17)23(13)29)8-26-9-16-11-28(24(32)33-16)15-3-5-19-18(7-15)27-20(30)12-34-19/h1-7,14,16,26H,8-12H2,(H,27,30)/t14?,16-/m1/s1. The molecule has 0 spiro atoms. The number of nitrogens with one attached hydrogen (secondary N) is 2. The van der Waals surface area contributed by atoms with Crippen LogP contribution in [0.2, 0.25) is 0 Å². The van der Waals surface area contributed by atoms with E-state index in [1.165, 1.54) is 23.9 Å². The third kappa shape index (κ3) is 3.54. The Balaban J connectivity index is 1.12. The molecule has 0 radical (unpaired) electrons. The highest BCUT2D eigenvalue weighted by Crippen LogP contribution is 2.36. The van der Waals surface area contributed by atoms with Crippen LogP contribution in [0.3, 0.4) is 0 Å². The van der Waals surface area contributed by atoms with Crippen LogP contribution in [0.4, 0.5) is 20.6 Å². The monoisotopic (exact) mass is 480 g/mol. The van der Waals surface area contributed by atoms with Gasteiger partial charge in [-0.1, -0.05) is 0 Å². The van der Waals surface area contributed by atoms with E-state index in [0.717, 1.165) is 10.3 Å². The van der Waals surface area contributed by atoms with Crippen molar-refractivity contribution in [2.24, 2.45) is 0 Å². The summed E-state index contributed by atoms with van der Waals surface area (Å²) >= 11 is 1.46. The number of rotatable bonds is 5. The molecular formula is C24H21FN4O4S. The summed E-state index contributed by atoms with van der Waals surface area (Å²) in [5.74, 6) is -0.185. The Kier molecular flexibility index (Phi) is 5.07. The number of fused-ring (bicyclic) bond motifs is 1. The van der Waals surface area contributed by atoms with Gasteiger partial charge in [-0.15, -0.1) is 11.8 Å². The summed E-state index contributed by atoms with van der Waals surface area (Å²) < 4.78 is 21.8. The van der Waals surface area contributed by atoms with Crippen LogP contribution in [0.5, 0.6) is 0 Å². The molecule has 1 unspecified atom stereocenters. The SMILES string of the molecule is O=C1CSc2ccc(N3C[C@@H](CNCC4Cn5c(=O)ccc6ccc(F)c4c65)OC3=O)cc2N1. The maximum Gasteiger partial charge on any atom is 0.414 e. The fourth-order valence-electron chi connectivity index (χ4n) is 4.94. The number of hydrogen-bond donors (Lipinski definition) is 2. The maximum absolute atomic E-state index is 14.7. The van der Waals surface area contributed by atoms with Gasteiger partial charge < -0.3 is 19.9 Å². The van der Waals surface area contributed by atoms with Gasteiger partial charge in [0.2, 0.25) is 5.91 Å². The molecule has 0 bridgehead atoms. The summed E-state index contributed by atoms with van der Waals surface area (Å²) in [5, 5.41) is 6.98. The van der Waals surface area contributed by atoms with Crippen molar-refractivity contribution in [2.45, 2.75) is 23.5 Å². The number of carbonyl (C=O) groups excluding carboxylic acids is 2. The maximum atomic E-state index is 14.7. The third-order valence-corrected chi connectivity index (χ3v) is 7.57. The van der Waals surface area contributed by atoms with Gasteiger partial charge in [-0.25, -0.2) is 9.18 Å². The first-order valence-corrected chi connectivity index (χ1v) is 12.0. The molecule has 3 aliphatic rings. The highest BCUT2D eigenvalue weighted by molar-refractivity contribution is 8.00. The molecule has 2 amide bonds. The van der Waals surface area contributed by atoms with E-state index in [1.807, 2.05) is 12.1 Å². The molecular weight excluding hydrogens is 459 g/mol. The summed E-state index contributed by atoms with van der Waals surface area (Å²) in [5.41, 5.74) is 2.44. The van der Waals surface area contributed by atoms with Gasteiger partial charge in [-0.2, -0.15) is 0 Å². The minimum absolute atomic E-state index is 0.0656. The van der Waals surface area contributed by atoms with Crippen molar-refractivity contribution in [3.05, 3.63) is 64.2 Å². The predicted octanol–water partition coefficient (Wildman–Crippen LogP) is 2.90. The highest BCUT2D eigenvalue weighted by Gasteiger charge is 2.34. The van der Waals surface area contributed by atoms with Gasteiger partial charge in [0.1, 0.15) is 11.9 Å². The van der Waals surface area contributed by atoms with Crippen LogP contribution >= 0.6 is 11.8 Å². The fraction of sp³-hybridized carbons (Fsp3) is 0.292. The molecule has 34 heavy (non-hydrogen) atoms. The molecule has 2 N–H and O–H groups in total. The third-order valence-electron chi connectivity index (χ3n) is 6.49. The minimum Gasteiger partial charge on any atom is -0.443 e. The average Bonchev–Trinajstić information content (AvgIpc) is 3.39. The summed E-state index contributed by atoms with van der Waals surface area (Å²) in [6.07, 6.45) is -0.822. The zero-order valence-corrected chi connectivity index (χ0v) is 18.9. The molecule has 2 aromatic carbocycles. The van der Waals surface area contributed by atoms with Gasteiger partial charge in [0.25, 0.3) is 5.56 Å². The molecule has 1 saturated heterocycles. The van der Waals surface area contributed by atoms with Gasteiger partial charge in [-0.05, 0) is 41.8 Å². The molecule has 1 aromatic heterocycles. The first kappa shape index (κ1) is 21.2. The van der Waals surface area contributed by atoms with Crippen molar-refractivity contribution in [3.8, 4) is 0 Å². The quantitative estimate of drug-likeness (QED) is 0.584. The van der Waals surface area contributed by atoms with Gasteiger partial charge in [0, 0.05) is 47.8 Å². The van der Waals surface area contributed by atoms with Crippen molar-refractivity contribution in [2.75, 3.05) is 35.6 Å². The minimum atomic E-state index is -0.447. The van der Waals surface area contributed by atoms with Crippen LogP contribution < -0.4 is 21.1 Å². The van der Waals surface area contributed by atoms with E-state index >= 15 is 0 Å². The second-order valence-electron chi connectivity index (χ2n) is 8.67. The lowest BCUT2D eigenvalue weighted by Crippen LogP contribution is -2.33. The number of halogens is 1. The summed E-state index contributed by atoms with van der Waals surface area (Å²) in [6.45, 7) is 1.63. The van der Waals surface area contributed by atoms with Gasteiger partial charge in [-0.3, -0.25) is 14.5 Å². The van der Waals surface area contributed by atoms with Crippen LogP contribution in [-0.2, 0) is 16.1 Å². The number of hydrogen-bond acceptors (Lipinski definition) is 6. The second kappa shape index (κ2) is 8.14. The Labute approximate surface area is 198 Å². The lowest BCUT2D eigenvalue weighted by atomic mass is 9.99. The van der Waals surface area contributed by atoms with Crippen molar-refractivity contribution in [1.82, 2.24) is 9.88 Å². The number of ether oxygens (including phenoxy) is 1. The van der Waals surface area contributed by atoms with Gasteiger partial charge >= 0.3 is 6.09 Å². The number of amides is 2. The van der Waals surface area contributed by atoms with E-state index in [9.17, 15) is 18.8 Å².